The highest BCUT2D eigenvalue weighted by atomic mass is 35.5. The fraction of sp³-hybridized carbons (Fsp3) is 0.0645. The Morgan fingerprint density at radius 2 is 1.34 bits per heavy atom. The van der Waals surface area contributed by atoms with Crippen molar-refractivity contribution in [3.8, 4) is 11.5 Å². The van der Waals surface area contributed by atoms with Crippen molar-refractivity contribution in [2.45, 2.75) is 13.2 Å². The first-order chi connectivity index (χ1) is 19.8. The largest absolute Gasteiger partial charge is 0.489 e. The Balaban J connectivity index is 1.37. The number of barbiturate groups is 1. The number of hydrogen-bond acceptors (Lipinski definition) is 5. The van der Waals surface area contributed by atoms with Gasteiger partial charge in [-0.2, -0.15) is 0 Å². The molecule has 4 amide bonds. The number of benzene rings is 4. The van der Waals surface area contributed by atoms with E-state index in [9.17, 15) is 14.4 Å². The van der Waals surface area contributed by atoms with Gasteiger partial charge in [0.05, 0.1) is 5.69 Å². The van der Waals surface area contributed by atoms with Crippen LogP contribution < -0.4 is 19.7 Å². The molecule has 41 heavy (non-hydrogen) atoms. The maximum absolute atomic E-state index is 13.4. The number of rotatable bonds is 8. The molecule has 1 fully saturated rings. The summed E-state index contributed by atoms with van der Waals surface area (Å²) in [7, 11) is 0. The van der Waals surface area contributed by atoms with E-state index in [1.165, 1.54) is 6.08 Å². The van der Waals surface area contributed by atoms with Gasteiger partial charge in [-0.1, -0.05) is 71.2 Å². The first-order valence-electron chi connectivity index (χ1n) is 12.3. The van der Waals surface area contributed by atoms with Crippen molar-refractivity contribution in [1.82, 2.24) is 5.32 Å². The van der Waals surface area contributed by atoms with Gasteiger partial charge in [0, 0.05) is 31.8 Å². The second-order valence-electron chi connectivity index (χ2n) is 8.89. The van der Waals surface area contributed by atoms with E-state index >= 15 is 0 Å². The summed E-state index contributed by atoms with van der Waals surface area (Å²) in [5.74, 6) is -0.774. The Kier molecular flexibility index (Phi) is 8.59. The average molecular weight is 608 g/mol. The highest BCUT2D eigenvalue weighted by Crippen LogP contribution is 2.30. The van der Waals surface area contributed by atoms with Gasteiger partial charge in [-0.3, -0.25) is 14.9 Å². The van der Waals surface area contributed by atoms with Gasteiger partial charge < -0.3 is 9.47 Å². The van der Waals surface area contributed by atoms with Crippen LogP contribution in [0.2, 0.25) is 15.1 Å². The lowest BCUT2D eigenvalue weighted by Crippen LogP contribution is -2.54. The van der Waals surface area contributed by atoms with Crippen LogP contribution in [0.25, 0.3) is 6.08 Å². The quantitative estimate of drug-likeness (QED) is 0.166. The Hall–Kier alpha value is -4.30. The maximum atomic E-state index is 13.4. The van der Waals surface area contributed by atoms with E-state index in [1.54, 1.807) is 54.6 Å². The van der Waals surface area contributed by atoms with Crippen LogP contribution in [0.3, 0.4) is 0 Å². The molecule has 4 aromatic rings. The number of imide groups is 2. The molecule has 1 aliphatic rings. The van der Waals surface area contributed by atoms with E-state index in [1.807, 2.05) is 36.4 Å². The summed E-state index contributed by atoms with van der Waals surface area (Å²) in [5.41, 5.74) is 1.92. The van der Waals surface area contributed by atoms with E-state index < -0.39 is 17.8 Å². The second-order valence-corrected chi connectivity index (χ2v) is 10.1. The number of halogens is 3. The van der Waals surface area contributed by atoms with Gasteiger partial charge in [-0.15, -0.1) is 0 Å². The van der Waals surface area contributed by atoms with E-state index in [0.717, 1.165) is 16.0 Å². The maximum Gasteiger partial charge on any atom is 0.335 e. The zero-order valence-electron chi connectivity index (χ0n) is 21.3. The summed E-state index contributed by atoms with van der Waals surface area (Å²) < 4.78 is 11.7. The predicted octanol–water partition coefficient (Wildman–Crippen LogP) is 7.47. The molecular formula is C31H21Cl3N2O5. The Labute approximate surface area is 250 Å². The minimum Gasteiger partial charge on any atom is -0.489 e. The SMILES string of the molecule is O=C1NC(=O)N(c2ccc(OCc3ccccc3Cl)cc2)C(=O)/C1=C/c1cc(Cl)ccc1OCc1ccccc1Cl. The zero-order chi connectivity index (χ0) is 28.9. The molecular weight excluding hydrogens is 587 g/mol. The molecule has 0 atom stereocenters. The molecule has 206 valence electrons. The van der Waals surface area contributed by atoms with Gasteiger partial charge in [0.25, 0.3) is 11.8 Å². The van der Waals surface area contributed by atoms with Crippen LogP contribution in [-0.2, 0) is 22.8 Å². The molecule has 10 heteroatoms. The van der Waals surface area contributed by atoms with Crippen LogP contribution >= 0.6 is 34.8 Å². The molecule has 0 aliphatic carbocycles. The van der Waals surface area contributed by atoms with Gasteiger partial charge in [-0.25, -0.2) is 9.69 Å². The van der Waals surface area contributed by atoms with Crippen LogP contribution in [0, 0.1) is 0 Å². The number of nitrogens with one attached hydrogen (secondary N) is 1. The number of carbonyl (C=O) groups excluding carboxylic acids is 3. The van der Waals surface area contributed by atoms with Crippen LogP contribution in [-0.4, -0.2) is 17.8 Å². The minimum atomic E-state index is -0.872. The molecule has 5 rings (SSSR count). The number of carbonyl (C=O) groups is 3. The third-order valence-corrected chi connectivity index (χ3v) is 7.13. The highest BCUT2D eigenvalue weighted by molar-refractivity contribution is 6.39. The molecule has 1 aliphatic heterocycles. The molecule has 0 radical (unpaired) electrons. The molecule has 4 aromatic carbocycles. The van der Waals surface area contributed by atoms with Crippen molar-refractivity contribution in [3.63, 3.8) is 0 Å². The van der Waals surface area contributed by atoms with E-state index in [0.29, 0.717) is 32.1 Å². The molecule has 1 heterocycles. The van der Waals surface area contributed by atoms with Gasteiger partial charge in [0.15, 0.2) is 0 Å². The third kappa shape index (κ3) is 6.55. The molecule has 0 bridgehead atoms. The summed E-state index contributed by atoms with van der Waals surface area (Å²) in [5, 5.41) is 3.71. The highest BCUT2D eigenvalue weighted by Gasteiger charge is 2.37. The molecule has 0 unspecified atom stereocenters. The molecule has 0 aromatic heterocycles. The number of ether oxygens (including phenoxy) is 2. The Morgan fingerprint density at radius 3 is 1.98 bits per heavy atom. The predicted molar refractivity (Wildman–Crippen MR) is 158 cm³/mol. The van der Waals surface area contributed by atoms with Crippen LogP contribution in [0.1, 0.15) is 16.7 Å². The summed E-state index contributed by atoms with van der Waals surface area (Å²) in [6, 6.07) is 24.8. The minimum absolute atomic E-state index is 0.146. The van der Waals surface area contributed by atoms with Crippen LogP contribution in [0.15, 0.2) is 96.6 Å². The van der Waals surface area contributed by atoms with Crippen molar-refractivity contribution in [1.29, 1.82) is 0 Å². The summed E-state index contributed by atoms with van der Waals surface area (Å²) in [4.78, 5) is 39.8. The van der Waals surface area contributed by atoms with Crippen molar-refractivity contribution >= 4 is 64.4 Å². The molecule has 7 nitrogen and oxygen atoms in total. The molecule has 0 saturated carbocycles. The number of urea groups is 1. The van der Waals surface area contributed by atoms with E-state index in [-0.39, 0.29) is 24.5 Å². The molecule has 0 spiro atoms. The Bertz CT molecular complexity index is 1670. The van der Waals surface area contributed by atoms with Gasteiger partial charge in [0.2, 0.25) is 0 Å². The average Bonchev–Trinajstić information content (AvgIpc) is 2.96. The summed E-state index contributed by atoms with van der Waals surface area (Å²) >= 11 is 18.6. The van der Waals surface area contributed by atoms with Crippen molar-refractivity contribution < 1.29 is 23.9 Å². The normalized spacial score (nSPS) is 14.3. The van der Waals surface area contributed by atoms with Gasteiger partial charge >= 0.3 is 6.03 Å². The summed E-state index contributed by atoms with van der Waals surface area (Å²) in [6.45, 7) is 0.386. The Morgan fingerprint density at radius 1 is 0.732 bits per heavy atom. The lowest BCUT2D eigenvalue weighted by atomic mass is 10.1. The lowest BCUT2D eigenvalue weighted by molar-refractivity contribution is -0.122. The summed E-state index contributed by atoms with van der Waals surface area (Å²) in [6.07, 6.45) is 1.34. The fourth-order valence-corrected chi connectivity index (χ4v) is 4.61. The standard InChI is InChI=1S/C31H21Cl3N2O5/c32-22-9-14-28(41-18-20-6-2-4-8-27(20)34)21(15-22)16-25-29(37)35-31(39)36(30(25)38)23-10-12-24(13-11-23)40-17-19-5-1-3-7-26(19)33/h1-16H,17-18H2,(H,35,37,39)/b25-16+. The van der Waals surface area contributed by atoms with Crippen LogP contribution in [0.4, 0.5) is 10.5 Å². The monoisotopic (exact) mass is 606 g/mol. The second kappa shape index (κ2) is 12.5. The van der Waals surface area contributed by atoms with E-state index in [4.69, 9.17) is 44.3 Å². The number of hydrogen-bond donors (Lipinski definition) is 1. The van der Waals surface area contributed by atoms with Gasteiger partial charge in [0.1, 0.15) is 30.3 Å². The smallest absolute Gasteiger partial charge is 0.335 e. The molecule has 1 N–H and O–H groups in total. The number of anilines is 1. The van der Waals surface area contributed by atoms with Gasteiger partial charge in [-0.05, 0) is 60.7 Å². The van der Waals surface area contributed by atoms with Crippen molar-refractivity contribution in [2.24, 2.45) is 0 Å². The zero-order valence-corrected chi connectivity index (χ0v) is 23.5. The first-order valence-corrected chi connectivity index (χ1v) is 13.5. The first kappa shape index (κ1) is 28.2. The lowest BCUT2D eigenvalue weighted by Gasteiger charge is -2.26. The number of nitrogens with zero attached hydrogens (tertiary/aromatic N) is 1. The van der Waals surface area contributed by atoms with Crippen LogP contribution in [0.5, 0.6) is 11.5 Å². The third-order valence-electron chi connectivity index (χ3n) is 6.16. The molecule has 1 saturated heterocycles. The number of amides is 4. The topological polar surface area (TPSA) is 84.9 Å². The van der Waals surface area contributed by atoms with E-state index in [2.05, 4.69) is 5.32 Å². The van der Waals surface area contributed by atoms with Crippen molar-refractivity contribution in [2.75, 3.05) is 4.90 Å². The van der Waals surface area contributed by atoms with Crippen molar-refractivity contribution in [3.05, 3.63) is 128 Å². The fourth-order valence-electron chi connectivity index (χ4n) is 4.05.